The lowest BCUT2D eigenvalue weighted by molar-refractivity contribution is 0.366. The molecule has 0 aromatic heterocycles. The van der Waals surface area contributed by atoms with Crippen LogP contribution < -0.4 is 10.2 Å². The number of benzene rings is 1. The fourth-order valence-corrected chi connectivity index (χ4v) is 2.81. The second-order valence-electron chi connectivity index (χ2n) is 5.19. The summed E-state index contributed by atoms with van der Waals surface area (Å²) in [5.74, 6) is 0. The lowest BCUT2D eigenvalue weighted by Gasteiger charge is -2.34. The average Bonchev–Trinajstić information content (AvgIpc) is 2.56. The van der Waals surface area contributed by atoms with Gasteiger partial charge in [0.05, 0.1) is 15.7 Å². The van der Waals surface area contributed by atoms with Gasteiger partial charge in [-0.15, -0.1) is 0 Å². The molecule has 1 fully saturated rings. The summed E-state index contributed by atoms with van der Waals surface area (Å²) in [6.07, 6.45) is 2.22. The van der Waals surface area contributed by atoms with Crippen LogP contribution in [0.3, 0.4) is 0 Å². The van der Waals surface area contributed by atoms with E-state index in [9.17, 15) is 0 Å². The van der Waals surface area contributed by atoms with Crippen molar-refractivity contribution in [3.05, 3.63) is 28.2 Å². The summed E-state index contributed by atoms with van der Waals surface area (Å²) in [7, 11) is 0. The molecule has 0 bridgehead atoms. The minimum absolute atomic E-state index is 0.141. The normalized spacial score (nSPS) is 25.0. The van der Waals surface area contributed by atoms with Gasteiger partial charge < -0.3 is 10.2 Å². The van der Waals surface area contributed by atoms with E-state index in [-0.39, 0.29) is 5.54 Å². The van der Waals surface area contributed by atoms with Crippen LogP contribution in [0, 0.1) is 0 Å². The van der Waals surface area contributed by atoms with Crippen LogP contribution >= 0.6 is 23.2 Å². The first-order valence-corrected chi connectivity index (χ1v) is 7.25. The van der Waals surface area contributed by atoms with Crippen molar-refractivity contribution >= 4 is 28.9 Å². The highest BCUT2D eigenvalue weighted by Crippen LogP contribution is 2.34. The number of halogens is 2. The first kappa shape index (κ1) is 14.0. The molecule has 0 saturated carbocycles. The third kappa shape index (κ3) is 2.93. The van der Waals surface area contributed by atoms with Gasteiger partial charge in [0.1, 0.15) is 0 Å². The van der Waals surface area contributed by atoms with Crippen LogP contribution in [-0.2, 0) is 0 Å². The third-order valence-corrected chi connectivity index (χ3v) is 4.56. The fraction of sp³-hybridized carbons (Fsp3) is 0.571. The maximum absolute atomic E-state index is 6.32. The molecule has 2 rings (SSSR count). The molecule has 1 saturated heterocycles. The number of nitrogens with zero attached hydrogens (tertiary/aromatic N) is 1. The first-order valence-electron chi connectivity index (χ1n) is 6.50. The Morgan fingerprint density at radius 1 is 1.39 bits per heavy atom. The SMILES string of the molecule is CCC1(C)CN(c2cccc(Cl)c2Cl)CCCN1. The van der Waals surface area contributed by atoms with Crippen molar-refractivity contribution in [3.63, 3.8) is 0 Å². The van der Waals surface area contributed by atoms with Gasteiger partial charge in [-0.3, -0.25) is 0 Å². The smallest absolute Gasteiger partial charge is 0.0825 e. The van der Waals surface area contributed by atoms with Crippen LogP contribution in [0.5, 0.6) is 0 Å². The number of hydrogen-bond donors (Lipinski definition) is 1. The van der Waals surface area contributed by atoms with Crippen molar-refractivity contribution in [1.29, 1.82) is 0 Å². The van der Waals surface area contributed by atoms with Gasteiger partial charge in [-0.1, -0.05) is 36.2 Å². The van der Waals surface area contributed by atoms with Crippen LogP contribution in [0.1, 0.15) is 26.7 Å². The Bertz CT molecular complexity index is 422. The van der Waals surface area contributed by atoms with Crippen molar-refractivity contribution in [3.8, 4) is 0 Å². The molecule has 1 aliphatic rings. The largest absolute Gasteiger partial charge is 0.368 e. The van der Waals surface area contributed by atoms with Gasteiger partial charge in [-0.2, -0.15) is 0 Å². The Kier molecular flexibility index (Phi) is 4.41. The molecule has 0 radical (unpaired) electrons. The molecule has 1 aromatic rings. The number of nitrogens with one attached hydrogen (secondary N) is 1. The van der Waals surface area contributed by atoms with Gasteiger partial charge in [0.25, 0.3) is 0 Å². The number of anilines is 1. The van der Waals surface area contributed by atoms with Crippen LogP contribution in [0.2, 0.25) is 10.0 Å². The molecule has 4 heteroatoms. The van der Waals surface area contributed by atoms with E-state index in [4.69, 9.17) is 23.2 Å². The summed E-state index contributed by atoms with van der Waals surface area (Å²) in [5.41, 5.74) is 1.19. The number of hydrogen-bond acceptors (Lipinski definition) is 2. The molecule has 0 aliphatic carbocycles. The summed E-state index contributed by atoms with van der Waals surface area (Å²) >= 11 is 12.4. The Balaban J connectivity index is 2.28. The summed E-state index contributed by atoms with van der Waals surface area (Å²) in [6, 6.07) is 5.85. The fourth-order valence-electron chi connectivity index (χ4n) is 2.40. The van der Waals surface area contributed by atoms with E-state index in [2.05, 4.69) is 30.1 Å². The molecule has 2 nitrogen and oxygen atoms in total. The minimum Gasteiger partial charge on any atom is -0.368 e. The zero-order chi connectivity index (χ0) is 13.2. The summed E-state index contributed by atoms with van der Waals surface area (Å²) in [4.78, 5) is 2.34. The van der Waals surface area contributed by atoms with Crippen LogP contribution in [0.4, 0.5) is 5.69 Å². The van der Waals surface area contributed by atoms with Crippen molar-refractivity contribution in [2.75, 3.05) is 24.5 Å². The van der Waals surface area contributed by atoms with Crippen molar-refractivity contribution in [2.45, 2.75) is 32.2 Å². The predicted octanol–water partition coefficient (Wildman–Crippen LogP) is 3.96. The molecule has 0 spiro atoms. The summed E-state index contributed by atoms with van der Waals surface area (Å²) in [5, 5.41) is 4.92. The lowest BCUT2D eigenvalue weighted by Crippen LogP contribution is -2.48. The van der Waals surface area contributed by atoms with E-state index in [1.807, 2.05) is 12.1 Å². The molecule has 1 unspecified atom stereocenters. The van der Waals surface area contributed by atoms with E-state index in [0.717, 1.165) is 38.2 Å². The Morgan fingerprint density at radius 2 is 2.17 bits per heavy atom. The zero-order valence-electron chi connectivity index (χ0n) is 11.0. The third-order valence-electron chi connectivity index (χ3n) is 3.75. The second kappa shape index (κ2) is 5.68. The van der Waals surface area contributed by atoms with Crippen molar-refractivity contribution in [2.24, 2.45) is 0 Å². The van der Waals surface area contributed by atoms with E-state index in [1.165, 1.54) is 0 Å². The van der Waals surface area contributed by atoms with Gasteiger partial charge in [0, 0.05) is 18.6 Å². The summed E-state index contributed by atoms with van der Waals surface area (Å²) < 4.78 is 0. The van der Waals surface area contributed by atoms with Crippen LogP contribution in [0.15, 0.2) is 18.2 Å². The molecule has 1 atom stereocenters. The zero-order valence-corrected chi connectivity index (χ0v) is 12.5. The average molecular weight is 287 g/mol. The second-order valence-corrected chi connectivity index (χ2v) is 5.97. The molecule has 0 amide bonds. The van der Waals surface area contributed by atoms with Gasteiger partial charge in [-0.05, 0) is 38.4 Å². The summed E-state index contributed by atoms with van der Waals surface area (Å²) in [6.45, 7) is 7.52. The molecule has 100 valence electrons. The Hall–Kier alpha value is -0.440. The molecule has 18 heavy (non-hydrogen) atoms. The number of rotatable bonds is 2. The first-order chi connectivity index (χ1) is 8.56. The molecular formula is C14H20Cl2N2. The quantitative estimate of drug-likeness (QED) is 0.885. The topological polar surface area (TPSA) is 15.3 Å². The molecule has 1 aromatic carbocycles. The van der Waals surface area contributed by atoms with Crippen LogP contribution in [0.25, 0.3) is 0 Å². The minimum atomic E-state index is 0.141. The van der Waals surface area contributed by atoms with Crippen LogP contribution in [-0.4, -0.2) is 25.2 Å². The molecule has 1 heterocycles. The molecular weight excluding hydrogens is 267 g/mol. The monoisotopic (exact) mass is 286 g/mol. The highest BCUT2D eigenvalue weighted by atomic mass is 35.5. The van der Waals surface area contributed by atoms with Gasteiger partial charge in [-0.25, -0.2) is 0 Å². The maximum Gasteiger partial charge on any atom is 0.0825 e. The van der Waals surface area contributed by atoms with E-state index >= 15 is 0 Å². The predicted molar refractivity (Wildman–Crippen MR) is 80.0 cm³/mol. The van der Waals surface area contributed by atoms with E-state index in [1.54, 1.807) is 0 Å². The lowest BCUT2D eigenvalue weighted by atomic mass is 9.98. The highest BCUT2D eigenvalue weighted by molar-refractivity contribution is 6.43. The standard InChI is InChI=1S/C14H20Cl2N2/c1-3-14(2)10-18(9-5-8-17-14)12-7-4-6-11(15)13(12)16/h4,6-7,17H,3,5,8-10H2,1-2H3. The van der Waals surface area contributed by atoms with Crippen molar-refractivity contribution < 1.29 is 0 Å². The van der Waals surface area contributed by atoms with Gasteiger partial charge in [0.15, 0.2) is 0 Å². The van der Waals surface area contributed by atoms with E-state index in [0.29, 0.717) is 10.0 Å². The van der Waals surface area contributed by atoms with Gasteiger partial charge in [0.2, 0.25) is 0 Å². The Labute approximate surface area is 119 Å². The van der Waals surface area contributed by atoms with E-state index < -0.39 is 0 Å². The maximum atomic E-state index is 6.32. The highest BCUT2D eigenvalue weighted by Gasteiger charge is 2.28. The molecule has 1 N–H and O–H groups in total. The van der Waals surface area contributed by atoms with Gasteiger partial charge >= 0.3 is 0 Å². The van der Waals surface area contributed by atoms with Crippen molar-refractivity contribution in [1.82, 2.24) is 5.32 Å². The molecule has 1 aliphatic heterocycles. The Morgan fingerprint density at radius 3 is 2.89 bits per heavy atom.